The van der Waals surface area contributed by atoms with Gasteiger partial charge in [0, 0.05) is 6.54 Å². The second-order valence-corrected chi connectivity index (χ2v) is 3.83. The number of oxime groups is 1. The molecule has 1 atom stereocenters. The van der Waals surface area contributed by atoms with Crippen molar-refractivity contribution >= 4 is 5.84 Å². The van der Waals surface area contributed by atoms with E-state index in [4.69, 9.17) is 10.9 Å². The molecule has 0 aromatic heterocycles. The average Bonchev–Trinajstić information content (AvgIpc) is 2.89. The molecule has 1 aliphatic rings. The van der Waals surface area contributed by atoms with Gasteiger partial charge in [0.15, 0.2) is 5.84 Å². The Labute approximate surface area is 79.4 Å². The molecule has 1 unspecified atom stereocenters. The van der Waals surface area contributed by atoms with Crippen molar-refractivity contribution in [3.8, 4) is 0 Å². The summed E-state index contributed by atoms with van der Waals surface area (Å²) in [5.74, 6) is 1.16. The van der Waals surface area contributed by atoms with E-state index in [1.807, 2.05) is 14.0 Å². The summed E-state index contributed by atoms with van der Waals surface area (Å²) >= 11 is 0. The zero-order chi connectivity index (χ0) is 9.84. The Morgan fingerprint density at radius 3 is 2.69 bits per heavy atom. The van der Waals surface area contributed by atoms with E-state index in [1.165, 1.54) is 12.8 Å². The summed E-state index contributed by atoms with van der Waals surface area (Å²) in [6.45, 7) is 3.11. The lowest BCUT2D eigenvalue weighted by molar-refractivity contribution is 0.262. The monoisotopic (exact) mass is 185 g/mol. The molecule has 0 heterocycles. The van der Waals surface area contributed by atoms with Crippen LogP contribution in [-0.4, -0.2) is 35.6 Å². The van der Waals surface area contributed by atoms with Crippen molar-refractivity contribution in [2.45, 2.75) is 32.2 Å². The van der Waals surface area contributed by atoms with Crippen LogP contribution in [0.1, 0.15) is 26.2 Å². The number of amidine groups is 1. The van der Waals surface area contributed by atoms with Crippen LogP contribution in [0.3, 0.4) is 0 Å². The van der Waals surface area contributed by atoms with Gasteiger partial charge in [0.05, 0.1) is 6.04 Å². The Balaban J connectivity index is 2.43. The summed E-state index contributed by atoms with van der Waals surface area (Å²) in [5, 5.41) is 11.6. The van der Waals surface area contributed by atoms with E-state index in [2.05, 4.69) is 10.1 Å². The minimum Gasteiger partial charge on any atom is -0.409 e. The lowest BCUT2D eigenvalue weighted by atomic mass is 10.1. The smallest absolute Gasteiger partial charge is 0.156 e. The van der Waals surface area contributed by atoms with Gasteiger partial charge >= 0.3 is 0 Å². The molecule has 0 radical (unpaired) electrons. The van der Waals surface area contributed by atoms with Gasteiger partial charge in [0.1, 0.15) is 0 Å². The van der Waals surface area contributed by atoms with E-state index in [9.17, 15) is 0 Å². The molecule has 76 valence electrons. The predicted octanol–water partition coefficient (Wildman–Crippen LogP) is 0.853. The quantitative estimate of drug-likeness (QED) is 0.289. The Morgan fingerprint density at radius 2 is 2.31 bits per heavy atom. The molecule has 0 saturated heterocycles. The summed E-state index contributed by atoms with van der Waals surface area (Å²) in [7, 11) is 2.03. The van der Waals surface area contributed by atoms with Crippen molar-refractivity contribution in [1.29, 1.82) is 0 Å². The molecule has 1 saturated carbocycles. The standard InChI is InChI=1S/C9H19N3O/c1-3-8(9(10)11-13)12(2)6-7-4-5-7/h7-8,13H,3-6H2,1-2H3,(H2,10,11). The van der Waals surface area contributed by atoms with Crippen molar-refractivity contribution in [1.82, 2.24) is 4.90 Å². The van der Waals surface area contributed by atoms with Crippen LogP contribution in [-0.2, 0) is 0 Å². The fourth-order valence-electron chi connectivity index (χ4n) is 1.65. The topological polar surface area (TPSA) is 61.9 Å². The molecular weight excluding hydrogens is 166 g/mol. The Kier molecular flexibility index (Phi) is 3.54. The molecular formula is C9H19N3O. The molecule has 13 heavy (non-hydrogen) atoms. The van der Waals surface area contributed by atoms with Crippen LogP contribution >= 0.6 is 0 Å². The minimum absolute atomic E-state index is 0.0885. The fourth-order valence-corrected chi connectivity index (χ4v) is 1.65. The van der Waals surface area contributed by atoms with Crippen molar-refractivity contribution in [3.63, 3.8) is 0 Å². The summed E-state index contributed by atoms with van der Waals surface area (Å²) in [6, 6.07) is 0.0885. The summed E-state index contributed by atoms with van der Waals surface area (Å²) in [5.41, 5.74) is 5.58. The zero-order valence-electron chi connectivity index (χ0n) is 8.40. The van der Waals surface area contributed by atoms with E-state index in [1.54, 1.807) is 0 Å². The van der Waals surface area contributed by atoms with E-state index >= 15 is 0 Å². The number of nitrogens with two attached hydrogens (primary N) is 1. The summed E-state index contributed by atoms with van der Waals surface area (Å²) < 4.78 is 0. The fraction of sp³-hybridized carbons (Fsp3) is 0.889. The summed E-state index contributed by atoms with van der Waals surface area (Å²) in [4.78, 5) is 2.17. The van der Waals surface area contributed by atoms with Crippen LogP contribution in [0, 0.1) is 5.92 Å². The molecule has 3 N–H and O–H groups in total. The molecule has 0 spiro atoms. The maximum Gasteiger partial charge on any atom is 0.156 e. The Morgan fingerprint density at radius 1 is 1.69 bits per heavy atom. The highest BCUT2D eigenvalue weighted by Gasteiger charge is 2.26. The average molecular weight is 185 g/mol. The third kappa shape index (κ3) is 2.88. The summed E-state index contributed by atoms with van der Waals surface area (Å²) in [6.07, 6.45) is 3.55. The number of rotatable bonds is 5. The third-order valence-corrected chi connectivity index (χ3v) is 2.62. The normalized spacial score (nSPS) is 20.7. The first-order valence-corrected chi connectivity index (χ1v) is 4.86. The highest BCUT2D eigenvalue weighted by atomic mass is 16.4. The maximum absolute atomic E-state index is 8.57. The van der Waals surface area contributed by atoms with Gasteiger partial charge in [0.25, 0.3) is 0 Å². The predicted molar refractivity (Wildman–Crippen MR) is 52.8 cm³/mol. The maximum atomic E-state index is 8.57. The largest absolute Gasteiger partial charge is 0.409 e. The third-order valence-electron chi connectivity index (χ3n) is 2.62. The van der Waals surface area contributed by atoms with E-state index in [-0.39, 0.29) is 6.04 Å². The Bertz CT molecular complexity index is 189. The van der Waals surface area contributed by atoms with Crippen LogP contribution in [0.2, 0.25) is 0 Å². The minimum atomic E-state index is 0.0885. The van der Waals surface area contributed by atoms with Gasteiger partial charge in [-0.2, -0.15) is 0 Å². The SMILES string of the molecule is CCC(C(N)=NO)N(C)CC1CC1. The Hall–Kier alpha value is -0.770. The van der Waals surface area contributed by atoms with Gasteiger partial charge in [-0.3, -0.25) is 4.90 Å². The lowest BCUT2D eigenvalue weighted by Gasteiger charge is -2.25. The van der Waals surface area contributed by atoms with Gasteiger partial charge in [-0.05, 0) is 32.2 Å². The zero-order valence-corrected chi connectivity index (χ0v) is 8.40. The van der Waals surface area contributed by atoms with Gasteiger partial charge in [-0.25, -0.2) is 0 Å². The first kappa shape index (κ1) is 10.3. The molecule has 1 aliphatic carbocycles. The number of nitrogens with zero attached hydrogens (tertiary/aromatic N) is 2. The van der Waals surface area contributed by atoms with E-state index in [0.29, 0.717) is 5.84 Å². The van der Waals surface area contributed by atoms with Crippen LogP contribution in [0.15, 0.2) is 5.16 Å². The highest BCUT2D eigenvalue weighted by molar-refractivity contribution is 5.85. The number of hydrogen-bond acceptors (Lipinski definition) is 3. The molecule has 0 aliphatic heterocycles. The molecule has 4 nitrogen and oxygen atoms in total. The van der Waals surface area contributed by atoms with Crippen LogP contribution in [0.5, 0.6) is 0 Å². The molecule has 1 fully saturated rings. The van der Waals surface area contributed by atoms with Gasteiger partial charge in [-0.1, -0.05) is 12.1 Å². The van der Waals surface area contributed by atoms with Crippen LogP contribution in [0.4, 0.5) is 0 Å². The van der Waals surface area contributed by atoms with Crippen molar-refractivity contribution in [3.05, 3.63) is 0 Å². The van der Waals surface area contributed by atoms with E-state index in [0.717, 1.165) is 18.9 Å². The van der Waals surface area contributed by atoms with E-state index < -0.39 is 0 Å². The van der Waals surface area contributed by atoms with Crippen molar-refractivity contribution in [2.24, 2.45) is 16.8 Å². The number of likely N-dealkylation sites (N-methyl/N-ethyl adjacent to an activating group) is 1. The lowest BCUT2D eigenvalue weighted by Crippen LogP contribution is -2.43. The molecule has 4 heteroatoms. The van der Waals surface area contributed by atoms with Crippen LogP contribution in [0.25, 0.3) is 0 Å². The van der Waals surface area contributed by atoms with Crippen molar-refractivity contribution < 1.29 is 5.21 Å². The van der Waals surface area contributed by atoms with Crippen molar-refractivity contribution in [2.75, 3.05) is 13.6 Å². The molecule has 0 bridgehead atoms. The van der Waals surface area contributed by atoms with Gasteiger partial charge in [-0.15, -0.1) is 0 Å². The first-order valence-electron chi connectivity index (χ1n) is 4.86. The van der Waals surface area contributed by atoms with Gasteiger partial charge < -0.3 is 10.9 Å². The number of hydrogen-bond donors (Lipinski definition) is 2. The second-order valence-electron chi connectivity index (χ2n) is 3.83. The second kappa shape index (κ2) is 4.46. The molecule has 0 amide bonds. The van der Waals surface area contributed by atoms with Crippen LogP contribution < -0.4 is 5.73 Å². The first-order chi connectivity index (χ1) is 6.19. The molecule has 1 rings (SSSR count). The molecule has 0 aromatic rings. The highest BCUT2D eigenvalue weighted by Crippen LogP contribution is 2.29. The molecule has 0 aromatic carbocycles. The van der Waals surface area contributed by atoms with Gasteiger partial charge in [0.2, 0.25) is 0 Å².